The van der Waals surface area contributed by atoms with E-state index in [-0.39, 0.29) is 12.5 Å². The number of amides is 1. The molecule has 3 rings (SSSR count). The lowest BCUT2D eigenvalue weighted by atomic mass is 10.1. The van der Waals surface area contributed by atoms with E-state index in [9.17, 15) is 13.2 Å². The van der Waals surface area contributed by atoms with E-state index in [4.69, 9.17) is 4.74 Å². The minimum atomic E-state index is -3.50. The summed E-state index contributed by atoms with van der Waals surface area (Å²) < 4.78 is 31.3. The minimum absolute atomic E-state index is 0.214. The van der Waals surface area contributed by atoms with Crippen molar-refractivity contribution in [2.45, 2.75) is 13.5 Å². The van der Waals surface area contributed by atoms with E-state index < -0.39 is 10.0 Å². The summed E-state index contributed by atoms with van der Waals surface area (Å²) in [6, 6.07) is 21.3. The largest absolute Gasteiger partial charge is 0.495 e. The maximum atomic E-state index is 12.7. The molecule has 0 saturated heterocycles. The molecule has 0 heterocycles. The molecule has 0 atom stereocenters. The molecule has 0 aromatic heterocycles. The average molecular weight is 425 g/mol. The van der Waals surface area contributed by atoms with Crippen LogP contribution in [0.25, 0.3) is 0 Å². The summed E-state index contributed by atoms with van der Waals surface area (Å²) in [6.45, 7) is 2.14. The van der Waals surface area contributed by atoms with E-state index in [0.29, 0.717) is 22.7 Å². The number of sulfonamides is 1. The standard InChI is InChI=1S/C23H24N2O4S/c1-17-9-14-22(29-2)21(15-17)24-23(26)19-10-12-20(13-11-19)25(30(3,27)28)16-18-7-5-4-6-8-18/h4-15H,16H2,1-3H3,(H,24,26). The molecule has 6 nitrogen and oxygen atoms in total. The Morgan fingerprint density at radius 3 is 2.27 bits per heavy atom. The Kier molecular flexibility index (Phi) is 6.42. The normalized spacial score (nSPS) is 11.0. The lowest BCUT2D eigenvalue weighted by Crippen LogP contribution is -2.29. The number of hydrogen-bond acceptors (Lipinski definition) is 4. The molecule has 0 saturated carbocycles. The maximum absolute atomic E-state index is 12.7. The van der Waals surface area contributed by atoms with Crippen LogP contribution in [0.1, 0.15) is 21.5 Å². The molecule has 1 amide bonds. The third-order valence-electron chi connectivity index (χ3n) is 4.59. The first-order chi connectivity index (χ1) is 14.3. The van der Waals surface area contributed by atoms with Gasteiger partial charge < -0.3 is 10.1 Å². The highest BCUT2D eigenvalue weighted by Gasteiger charge is 2.18. The first kappa shape index (κ1) is 21.4. The van der Waals surface area contributed by atoms with Gasteiger partial charge in [-0.1, -0.05) is 36.4 Å². The quantitative estimate of drug-likeness (QED) is 0.616. The van der Waals surface area contributed by atoms with Crippen molar-refractivity contribution in [3.05, 3.63) is 89.5 Å². The van der Waals surface area contributed by atoms with Gasteiger partial charge >= 0.3 is 0 Å². The first-order valence-corrected chi connectivity index (χ1v) is 11.2. The third kappa shape index (κ3) is 5.18. The zero-order valence-corrected chi connectivity index (χ0v) is 17.9. The highest BCUT2D eigenvalue weighted by molar-refractivity contribution is 7.92. The summed E-state index contributed by atoms with van der Waals surface area (Å²) >= 11 is 0. The molecule has 0 bridgehead atoms. The van der Waals surface area contributed by atoms with Crippen LogP contribution in [0, 0.1) is 6.92 Å². The molecular weight excluding hydrogens is 400 g/mol. The molecule has 3 aromatic carbocycles. The second kappa shape index (κ2) is 9.00. The van der Waals surface area contributed by atoms with Gasteiger partial charge in [-0.25, -0.2) is 8.42 Å². The highest BCUT2D eigenvalue weighted by atomic mass is 32.2. The summed E-state index contributed by atoms with van der Waals surface area (Å²) in [6.07, 6.45) is 1.17. The Morgan fingerprint density at radius 2 is 1.67 bits per heavy atom. The predicted octanol–water partition coefficient (Wildman–Crippen LogP) is 4.22. The van der Waals surface area contributed by atoms with Gasteiger partial charge in [0, 0.05) is 5.56 Å². The van der Waals surface area contributed by atoms with Crippen LogP contribution in [0.5, 0.6) is 5.75 Å². The topological polar surface area (TPSA) is 75.7 Å². The molecule has 30 heavy (non-hydrogen) atoms. The van der Waals surface area contributed by atoms with Crippen molar-refractivity contribution < 1.29 is 17.9 Å². The van der Waals surface area contributed by atoms with Crippen molar-refractivity contribution in [1.82, 2.24) is 0 Å². The summed E-state index contributed by atoms with van der Waals surface area (Å²) in [4.78, 5) is 12.7. The predicted molar refractivity (Wildman–Crippen MR) is 120 cm³/mol. The zero-order chi connectivity index (χ0) is 21.7. The summed E-state index contributed by atoms with van der Waals surface area (Å²) in [5, 5.41) is 2.84. The van der Waals surface area contributed by atoms with E-state index >= 15 is 0 Å². The Labute approximate surface area is 177 Å². The number of ether oxygens (including phenoxy) is 1. The number of nitrogens with zero attached hydrogens (tertiary/aromatic N) is 1. The van der Waals surface area contributed by atoms with Crippen LogP contribution in [-0.2, 0) is 16.6 Å². The van der Waals surface area contributed by atoms with E-state index in [2.05, 4.69) is 5.32 Å². The average Bonchev–Trinajstić information content (AvgIpc) is 2.72. The Balaban J connectivity index is 1.82. The number of nitrogens with one attached hydrogen (secondary N) is 1. The van der Waals surface area contributed by atoms with Crippen LogP contribution in [0.4, 0.5) is 11.4 Å². The number of aryl methyl sites for hydroxylation is 1. The molecule has 0 unspecified atom stereocenters. The Bertz CT molecular complexity index is 1130. The van der Waals surface area contributed by atoms with Crippen molar-refractivity contribution in [2.75, 3.05) is 23.0 Å². The molecular formula is C23H24N2O4S. The summed E-state index contributed by atoms with van der Waals surface area (Å²) in [5.41, 5.74) is 3.34. The molecule has 3 aromatic rings. The number of carbonyl (C=O) groups is 1. The molecule has 0 aliphatic rings. The Hall–Kier alpha value is -3.32. The molecule has 0 aliphatic carbocycles. The fourth-order valence-corrected chi connectivity index (χ4v) is 3.93. The second-order valence-corrected chi connectivity index (χ2v) is 8.87. The maximum Gasteiger partial charge on any atom is 0.255 e. The van der Waals surface area contributed by atoms with Gasteiger partial charge in [-0.2, -0.15) is 0 Å². The fourth-order valence-electron chi connectivity index (χ4n) is 3.04. The number of benzene rings is 3. The van der Waals surface area contributed by atoms with Gasteiger partial charge in [0.15, 0.2) is 0 Å². The van der Waals surface area contributed by atoms with Gasteiger partial charge in [-0.05, 0) is 54.4 Å². The van der Waals surface area contributed by atoms with Crippen molar-refractivity contribution >= 4 is 27.3 Å². The van der Waals surface area contributed by atoms with Crippen LogP contribution in [0.15, 0.2) is 72.8 Å². The molecule has 0 spiro atoms. The van der Waals surface area contributed by atoms with Crippen LogP contribution in [0.3, 0.4) is 0 Å². The van der Waals surface area contributed by atoms with Gasteiger partial charge in [0.2, 0.25) is 10.0 Å². The third-order valence-corrected chi connectivity index (χ3v) is 5.73. The van der Waals surface area contributed by atoms with E-state index in [0.717, 1.165) is 11.1 Å². The summed E-state index contributed by atoms with van der Waals surface area (Å²) in [7, 11) is -1.95. The van der Waals surface area contributed by atoms with Gasteiger partial charge in [-0.15, -0.1) is 0 Å². The van der Waals surface area contributed by atoms with Crippen LogP contribution < -0.4 is 14.4 Å². The zero-order valence-electron chi connectivity index (χ0n) is 17.1. The van der Waals surface area contributed by atoms with Crippen molar-refractivity contribution in [2.24, 2.45) is 0 Å². The number of hydrogen-bond donors (Lipinski definition) is 1. The molecule has 1 N–H and O–H groups in total. The molecule has 0 radical (unpaired) electrons. The molecule has 0 fully saturated rings. The fraction of sp³-hybridized carbons (Fsp3) is 0.174. The first-order valence-electron chi connectivity index (χ1n) is 9.35. The van der Waals surface area contributed by atoms with E-state index in [1.54, 1.807) is 37.4 Å². The minimum Gasteiger partial charge on any atom is -0.495 e. The lowest BCUT2D eigenvalue weighted by molar-refractivity contribution is 0.102. The smallest absolute Gasteiger partial charge is 0.255 e. The van der Waals surface area contributed by atoms with Gasteiger partial charge in [-0.3, -0.25) is 9.10 Å². The number of anilines is 2. The van der Waals surface area contributed by atoms with Gasteiger partial charge in [0.05, 0.1) is 31.3 Å². The van der Waals surface area contributed by atoms with Crippen molar-refractivity contribution in [3.63, 3.8) is 0 Å². The molecule has 0 aliphatic heterocycles. The van der Waals surface area contributed by atoms with Crippen LogP contribution >= 0.6 is 0 Å². The van der Waals surface area contributed by atoms with Gasteiger partial charge in [0.25, 0.3) is 5.91 Å². The SMILES string of the molecule is COc1ccc(C)cc1NC(=O)c1ccc(N(Cc2ccccc2)S(C)(=O)=O)cc1. The monoisotopic (exact) mass is 424 g/mol. The number of rotatable bonds is 7. The van der Waals surface area contributed by atoms with Gasteiger partial charge in [0.1, 0.15) is 5.75 Å². The summed E-state index contributed by atoms with van der Waals surface area (Å²) in [5.74, 6) is 0.260. The Morgan fingerprint density at radius 1 is 1.00 bits per heavy atom. The highest BCUT2D eigenvalue weighted by Crippen LogP contribution is 2.26. The lowest BCUT2D eigenvalue weighted by Gasteiger charge is -2.22. The van der Waals surface area contributed by atoms with Crippen molar-refractivity contribution in [1.29, 1.82) is 0 Å². The van der Waals surface area contributed by atoms with E-state index in [1.807, 2.05) is 49.4 Å². The molecule has 156 valence electrons. The second-order valence-electron chi connectivity index (χ2n) is 6.96. The molecule has 7 heteroatoms. The number of carbonyl (C=O) groups excluding carboxylic acids is 1. The van der Waals surface area contributed by atoms with Crippen LogP contribution in [-0.4, -0.2) is 27.7 Å². The van der Waals surface area contributed by atoms with Crippen molar-refractivity contribution in [3.8, 4) is 5.75 Å². The number of methoxy groups -OCH3 is 1. The van der Waals surface area contributed by atoms with Crippen LogP contribution in [0.2, 0.25) is 0 Å². The van der Waals surface area contributed by atoms with E-state index in [1.165, 1.54) is 10.6 Å².